The van der Waals surface area contributed by atoms with Gasteiger partial charge in [-0.05, 0) is 35.2 Å². The van der Waals surface area contributed by atoms with Crippen LogP contribution in [-0.4, -0.2) is 60.6 Å². The molecule has 12 heteroatoms. The van der Waals surface area contributed by atoms with Crippen molar-refractivity contribution in [2.24, 2.45) is 5.92 Å². The summed E-state index contributed by atoms with van der Waals surface area (Å²) in [4.78, 5) is 0.806. The average Bonchev–Trinajstić information content (AvgIpc) is 2.81. The molecule has 5 nitrogen and oxygen atoms in total. The zero-order valence-electron chi connectivity index (χ0n) is 15.7. The Bertz CT molecular complexity index is 798. The minimum atomic E-state index is -6.19. The Kier molecular flexibility index (Phi) is 6.93. The first-order valence-electron chi connectivity index (χ1n) is 8.83. The lowest BCUT2D eigenvalue weighted by Crippen LogP contribution is -2.51. The van der Waals surface area contributed by atoms with Crippen molar-refractivity contribution < 1.29 is 39.9 Å². The van der Waals surface area contributed by atoms with Crippen molar-refractivity contribution >= 4 is 10.0 Å². The molecule has 0 aromatic heterocycles. The van der Waals surface area contributed by atoms with E-state index in [2.05, 4.69) is 0 Å². The number of hydrogen-bond donors (Lipinski definition) is 1. The van der Waals surface area contributed by atoms with Gasteiger partial charge in [0.1, 0.15) is 0 Å². The number of aliphatic hydroxyl groups is 1. The number of nitrogens with zero attached hydrogens (tertiary/aromatic N) is 2. The van der Waals surface area contributed by atoms with Gasteiger partial charge in [-0.2, -0.15) is 26.3 Å². The number of likely N-dealkylation sites (tertiary alicyclic amines) is 1. The molecule has 1 heterocycles. The third-order valence-electron chi connectivity index (χ3n) is 4.77. The molecule has 1 aromatic carbocycles. The highest BCUT2D eigenvalue weighted by Crippen LogP contribution is 2.39. The molecule has 0 spiro atoms. The van der Waals surface area contributed by atoms with Crippen molar-refractivity contribution in [1.29, 1.82) is 0 Å². The molecule has 2 rings (SSSR count). The minimum absolute atomic E-state index is 0.127. The van der Waals surface area contributed by atoms with E-state index >= 15 is 0 Å². The van der Waals surface area contributed by atoms with Crippen LogP contribution in [0.1, 0.15) is 25.8 Å². The average molecular weight is 448 g/mol. The standard InChI is InChI=1S/C17H22F6N2O3S/c1-11-7-12(2)24(9-11)10-14(26)8-13-5-3-4-6-15(13)29(27,28)25(16(18,19)20)17(21,22)23/h3-6,11-12,14,26H,7-10H2,1-2H3/t11?,12?,14-/m1/s1. The number of sulfonamides is 1. The topological polar surface area (TPSA) is 60.9 Å². The molecular formula is C17H22F6N2O3S. The summed E-state index contributed by atoms with van der Waals surface area (Å²) in [6.45, 7) is 4.78. The van der Waals surface area contributed by atoms with Crippen LogP contribution in [0.2, 0.25) is 0 Å². The van der Waals surface area contributed by atoms with Crippen LogP contribution >= 0.6 is 0 Å². The van der Waals surface area contributed by atoms with E-state index in [1.54, 1.807) is 0 Å². The Labute approximate surface area is 165 Å². The van der Waals surface area contributed by atoms with Gasteiger partial charge < -0.3 is 5.11 Å². The van der Waals surface area contributed by atoms with Gasteiger partial charge in [0.15, 0.2) is 0 Å². The van der Waals surface area contributed by atoms with E-state index in [1.165, 1.54) is 6.07 Å². The lowest BCUT2D eigenvalue weighted by molar-refractivity contribution is -0.333. The first kappa shape index (κ1) is 23.9. The lowest BCUT2D eigenvalue weighted by atomic mass is 10.1. The summed E-state index contributed by atoms with van der Waals surface area (Å²) < 4.78 is 99.6. The highest BCUT2D eigenvalue weighted by Gasteiger charge is 2.61. The molecule has 3 atom stereocenters. The molecule has 1 aliphatic rings. The summed E-state index contributed by atoms with van der Waals surface area (Å²) in [7, 11) is -5.98. The van der Waals surface area contributed by atoms with Crippen molar-refractivity contribution in [2.75, 3.05) is 13.1 Å². The van der Waals surface area contributed by atoms with Gasteiger partial charge in [0.05, 0.1) is 11.0 Å². The van der Waals surface area contributed by atoms with Gasteiger partial charge in [0.25, 0.3) is 10.0 Å². The zero-order chi connectivity index (χ0) is 22.2. The molecule has 0 amide bonds. The van der Waals surface area contributed by atoms with Gasteiger partial charge in [-0.15, -0.1) is 0 Å². The summed E-state index contributed by atoms with van der Waals surface area (Å²) in [6.07, 6.45) is -13.1. The van der Waals surface area contributed by atoms with E-state index in [-0.39, 0.29) is 18.2 Å². The number of β-amino-alcohol motifs (C(OH)–C–C–N with tert-alkyl or cyclic N) is 1. The van der Waals surface area contributed by atoms with Crippen LogP contribution in [0.5, 0.6) is 0 Å². The number of benzene rings is 1. The van der Waals surface area contributed by atoms with Crippen LogP contribution < -0.4 is 0 Å². The molecule has 1 aromatic rings. The fraction of sp³-hybridized carbons (Fsp3) is 0.647. The summed E-state index contributed by atoms with van der Waals surface area (Å²) in [5.74, 6) is 0.386. The van der Waals surface area contributed by atoms with Gasteiger partial charge in [-0.3, -0.25) is 4.90 Å². The van der Waals surface area contributed by atoms with E-state index in [4.69, 9.17) is 0 Å². The fourth-order valence-corrected chi connectivity index (χ4v) is 5.14. The summed E-state index contributed by atoms with van der Waals surface area (Å²) in [5.41, 5.74) is -0.321. The maximum absolute atomic E-state index is 12.9. The maximum Gasteiger partial charge on any atom is 0.481 e. The second-order valence-electron chi connectivity index (χ2n) is 7.31. The quantitative estimate of drug-likeness (QED) is 0.536. The Hall–Kier alpha value is -1.37. The van der Waals surface area contributed by atoms with Gasteiger partial charge in [0, 0.05) is 25.6 Å². The van der Waals surface area contributed by atoms with Crippen molar-refractivity contribution in [1.82, 2.24) is 9.21 Å². The highest BCUT2D eigenvalue weighted by molar-refractivity contribution is 7.89. The summed E-state index contributed by atoms with van der Waals surface area (Å²) in [5, 5.41) is 10.3. The van der Waals surface area contributed by atoms with Crippen molar-refractivity contribution in [3.8, 4) is 0 Å². The lowest BCUT2D eigenvalue weighted by Gasteiger charge is -2.27. The van der Waals surface area contributed by atoms with Crippen LogP contribution in [0.3, 0.4) is 0 Å². The Morgan fingerprint density at radius 2 is 1.69 bits per heavy atom. The summed E-state index contributed by atoms with van der Waals surface area (Å²) >= 11 is 0. The number of aliphatic hydroxyl groups excluding tert-OH is 1. The van der Waals surface area contributed by atoms with Gasteiger partial charge in [-0.25, -0.2) is 8.42 Å². The number of rotatable bonds is 6. The van der Waals surface area contributed by atoms with Crippen LogP contribution in [0.25, 0.3) is 0 Å². The molecule has 1 N–H and O–H groups in total. The van der Waals surface area contributed by atoms with Gasteiger partial charge in [-0.1, -0.05) is 25.1 Å². The Morgan fingerprint density at radius 3 is 2.17 bits per heavy atom. The fourth-order valence-electron chi connectivity index (χ4n) is 3.67. The van der Waals surface area contributed by atoms with Crippen LogP contribution in [0, 0.1) is 5.92 Å². The van der Waals surface area contributed by atoms with Crippen LogP contribution in [-0.2, 0) is 16.4 Å². The highest BCUT2D eigenvalue weighted by atomic mass is 32.2. The van der Waals surface area contributed by atoms with E-state index in [9.17, 15) is 39.9 Å². The second kappa shape index (κ2) is 8.40. The molecule has 166 valence electrons. The third-order valence-corrected chi connectivity index (χ3v) is 6.61. The first-order chi connectivity index (χ1) is 13.1. The van der Waals surface area contributed by atoms with Crippen LogP contribution in [0.4, 0.5) is 26.3 Å². The molecule has 29 heavy (non-hydrogen) atoms. The number of alkyl halides is 6. The van der Waals surface area contributed by atoms with E-state index < -0.39 is 44.3 Å². The monoisotopic (exact) mass is 448 g/mol. The molecule has 2 unspecified atom stereocenters. The number of halogens is 6. The van der Waals surface area contributed by atoms with Gasteiger partial charge >= 0.3 is 12.6 Å². The predicted octanol–water partition coefficient (Wildman–Crippen LogP) is 3.35. The SMILES string of the molecule is CC1CC(C)N(C[C@H](O)Cc2ccccc2S(=O)(=O)N(C(F)(F)F)C(F)(F)F)C1. The van der Waals surface area contributed by atoms with Crippen LogP contribution in [0.15, 0.2) is 29.2 Å². The van der Waals surface area contributed by atoms with E-state index in [0.717, 1.165) is 18.6 Å². The molecule has 1 fully saturated rings. The van der Waals surface area contributed by atoms with Crippen molar-refractivity contribution in [2.45, 2.75) is 56.3 Å². The molecule has 0 saturated carbocycles. The molecule has 0 radical (unpaired) electrons. The number of hydrogen-bond acceptors (Lipinski definition) is 4. The first-order valence-corrected chi connectivity index (χ1v) is 10.3. The largest absolute Gasteiger partial charge is 0.481 e. The normalized spacial score (nSPS) is 23.0. The molecule has 1 saturated heterocycles. The molecule has 0 aliphatic carbocycles. The zero-order valence-corrected chi connectivity index (χ0v) is 16.5. The molecule has 1 aliphatic heterocycles. The Morgan fingerprint density at radius 1 is 1.14 bits per heavy atom. The molecule has 0 bridgehead atoms. The van der Waals surface area contributed by atoms with E-state index in [1.807, 2.05) is 18.7 Å². The van der Waals surface area contributed by atoms with Crippen molar-refractivity contribution in [3.05, 3.63) is 29.8 Å². The van der Waals surface area contributed by atoms with E-state index in [0.29, 0.717) is 18.5 Å². The second-order valence-corrected chi connectivity index (χ2v) is 9.07. The summed E-state index contributed by atoms with van der Waals surface area (Å²) in [6, 6.07) is 4.23. The van der Waals surface area contributed by atoms with Gasteiger partial charge in [0.2, 0.25) is 0 Å². The maximum atomic E-state index is 12.9. The third kappa shape index (κ3) is 5.62. The predicted molar refractivity (Wildman–Crippen MR) is 92.1 cm³/mol. The molecular weight excluding hydrogens is 426 g/mol. The Balaban J connectivity index is 2.32. The van der Waals surface area contributed by atoms with Crippen molar-refractivity contribution in [3.63, 3.8) is 0 Å². The minimum Gasteiger partial charge on any atom is -0.391 e. The smallest absolute Gasteiger partial charge is 0.391 e.